The number of anilines is 1. The molecule has 1 aliphatic rings. The van der Waals surface area contributed by atoms with Crippen LogP contribution in [0.5, 0.6) is 0 Å². The van der Waals surface area contributed by atoms with Crippen LogP contribution in [0.25, 0.3) is 0 Å². The summed E-state index contributed by atoms with van der Waals surface area (Å²) in [5.74, 6) is 0.107. The van der Waals surface area contributed by atoms with Crippen molar-refractivity contribution in [1.29, 1.82) is 0 Å². The van der Waals surface area contributed by atoms with Gasteiger partial charge in [-0.25, -0.2) is 0 Å². The number of carbonyl (C=O) groups is 1. The molecule has 5 nitrogen and oxygen atoms in total. The van der Waals surface area contributed by atoms with Crippen molar-refractivity contribution in [1.82, 2.24) is 4.90 Å². The monoisotopic (exact) mass is 380 g/mol. The maximum Gasteiger partial charge on any atom is 0.242 e. The highest BCUT2D eigenvalue weighted by Crippen LogP contribution is 2.30. The van der Waals surface area contributed by atoms with Crippen molar-refractivity contribution in [3.63, 3.8) is 0 Å². The van der Waals surface area contributed by atoms with E-state index in [0.29, 0.717) is 11.7 Å². The van der Waals surface area contributed by atoms with Gasteiger partial charge in [-0.05, 0) is 29.7 Å². The molecule has 0 saturated carbocycles. The zero-order valence-electron chi connectivity index (χ0n) is 15.9. The number of rotatable bonds is 6. The normalized spacial score (nSPS) is 18.6. The van der Waals surface area contributed by atoms with Crippen molar-refractivity contribution >= 4 is 34.7 Å². The first-order chi connectivity index (χ1) is 13.1. The molecule has 1 fully saturated rings. The SMILES string of the molecule is CCC1S/C(=N\N=C\c2ccc(N(C)C)cc2)N(Cc2ccccc2)C1=O. The van der Waals surface area contributed by atoms with E-state index in [-0.39, 0.29) is 11.2 Å². The Hall–Kier alpha value is -2.60. The summed E-state index contributed by atoms with van der Waals surface area (Å²) >= 11 is 1.49. The molecule has 0 aromatic heterocycles. The van der Waals surface area contributed by atoms with Gasteiger partial charge in [-0.2, -0.15) is 5.10 Å². The van der Waals surface area contributed by atoms with Crippen LogP contribution < -0.4 is 4.90 Å². The van der Waals surface area contributed by atoms with Crippen molar-refractivity contribution in [2.75, 3.05) is 19.0 Å². The topological polar surface area (TPSA) is 48.3 Å². The van der Waals surface area contributed by atoms with E-state index in [2.05, 4.69) is 10.2 Å². The smallest absolute Gasteiger partial charge is 0.242 e. The molecule has 1 aliphatic heterocycles. The summed E-state index contributed by atoms with van der Waals surface area (Å²) in [5.41, 5.74) is 3.19. The van der Waals surface area contributed by atoms with Gasteiger partial charge in [0.2, 0.25) is 5.91 Å². The maximum atomic E-state index is 12.7. The summed E-state index contributed by atoms with van der Waals surface area (Å²) in [6.07, 6.45) is 2.50. The van der Waals surface area contributed by atoms with Gasteiger partial charge in [-0.15, -0.1) is 5.10 Å². The molecule has 2 aromatic carbocycles. The summed E-state index contributed by atoms with van der Waals surface area (Å²) < 4.78 is 0. The van der Waals surface area contributed by atoms with Crippen molar-refractivity contribution in [2.45, 2.75) is 25.1 Å². The van der Waals surface area contributed by atoms with Crippen LogP contribution in [0.3, 0.4) is 0 Å². The highest BCUT2D eigenvalue weighted by atomic mass is 32.2. The van der Waals surface area contributed by atoms with Gasteiger partial charge in [0.15, 0.2) is 5.17 Å². The zero-order chi connectivity index (χ0) is 19.2. The van der Waals surface area contributed by atoms with E-state index in [4.69, 9.17) is 0 Å². The van der Waals surface area contributed by atoms with Crippen molar-refractivity contribution in [3.8, 4) is 0 Å². The van der Waals surface area contributed by atoms with Crippen LogP contribution in [0.4, 0.5) is 5.69 Å². The first kappa shape index (κ1) is 19.2. The minimum Gasteiger partial charge on any atom is -0.378 e. The van der Waals surface area contributed by atoms with Crippen LogP contribution in [-0.2, 0) is 11.3 Å². The number of amides is 1. The van der Waals surface area contributed by atoms with Crippen LogP contribution in [0.2, 0.25) is 0 Å². The Kier molecular flexibility index (Phi) is 6.29. The summed E-state index contributed by atoms with van der Waals surface area (Å²) in [7, 11) is 4.02. The molecule has 1 amide bonds. The first-order valence-electron chi connectivity index (χ1n) is 8.99. The van der Waals surface area contributed by atoms with Gasteiger partial charge in [-0.3, -0.25) is 9.69 Å². The molecule has 0 spiro atoms. The third-order valence-electron chi connectivity index (χ3n) is 4.33. The highest BCUT2D eigenvalue weighted by Gasteiger charge is 2.36. The number of amidine groups is 1. The quantitative estimate of drug-likeness (QED) is 0.562. The van der Waals surface area contributed by atoms with E-state index in [1.54, 1.807) is 11.1 Å². The minimum atomic E-state index is -0.0814. The van der Waals surface area contributed by atoms with Crippen LogP contribution in [0.1, 0.15) is 24.5 Å². The van der Waals surface area contributed by atoms with Gasteiger partial charge in [0.1, 0.15) is 0 Å². The molecule has 27 heavy (non-hydrogen) atoms. The standard InChI is InChI=1S/C21H24N4OS/c1-4-19-20(26)25(15-17-8-6-5-7-9-17)21(27-19)23-22-14-16-10-12-18(13-11-16)24(2)3/h5-14,19H,4,15H2,1-3H3/b22-14+,23-21-. The van der Waals surface area contributed by atoms with Gasteiger partial charge in [-0.1, -0.05) is 61.2 Å². The van der Waals surface area contributed by atoms with Crippen LogP contribution in [-0.4, -0.2) is 41.5 Å². The second-order valence-electron chi connectivity index (χ2n) is 6.54. The Balaban J connectivity index is 1.76. The van der Waals surface area contributed by atoms with Crippen molar-refractivity contribution < 1.29 is 4.79 Å². The summed E-state index contributed by atoms with van der Waals surface area (Å²) in [5, 5.41) is 9.16. The van der Waals surface area contributed by atoms with E-state index in [1.807, 2.05) is 80.5 Å². The third kappa shape index (κ3) is 4.77. The van der Waals surface area contributed by atoms with Crippen molar-refractivity contribution in [3.05, 3.63) is 65.7 Å². The summed E-state index contributed by atoms with van der Waals surface area (Å²) in [6.45, 7) is 2.55. The average molecular weight is 381 g/mol. The Bertz CT molecular complexity index is 831. The minimum absolute atomic E-state index is 0.0814. The molecule has 3 rings (SSSR count). The fourth-order valence-electron chi connectivity index (χ4n) is 2.76. The predicted molar refractivity (Wildman–Crippen MR) is 114 cm³/mol. The predicted octanol–water partition coefficient (Wildman–Crippen LogP) is 4.00. The second-order valence-corrected chi connectivity index (χ2v) is 7.71. The Labute approximate surface area is 164 Å². The van der Waals surface area contributed by atoms with Crippen LogP contribution >= 0.6 is 11.8 Å². The average Bonchev–Trinajstić information content (AvgIpc) is 2.98. The van der Waals surface area contributed by atoms with Crippen LogP contribution in [0.15, 0.2) is 64.8 Å². The lowest BCUT2D eigenvalue weighted by atomic mass is 10.2. The molecule has 1 saturated heterocycles. The Morgan fingerprint density at radius 3 is 2.44 bits per heavy atom. The molecule has 0 N–H and O–H groups in total. The van der Waals surface area contributed by atoms with Gasteiger partial charge in [0.25, 0.3) is 0 Å². The lowest BCUT2D eigenvalue weighted by Crippen LogP contribution is -2.31. The Morgan fingerprint density at radius 2 is 1.81 bits per heavy atom. The molecule has 0 bridgehead atoms. The molecule has 6 heteroatoms. The molecule has 0 aliphatic carbocycles. The second kappa shape index (κ2) is 8.86. The molecule has 140 valence electrons. The number of carbonyl (C=O) groups excluding carboxylic acids is 1. The molecule has 2 aromatic rings. The molecular formula is C21H24N4OS. The Morgan fingerprint density at radius 1 is 1.11 bits per heavy atom. The lowest BCUT2D eigenvalue weighted by molar-refractivity contribution is -0.126. The highest BCUT2D eigenvalue weighted by molar-refractivity contribution is 8.15. The molecule has 1 unspecified atom stereocenters. The van der Waals surface area contributed by atoms with E-state index < -0.39 is 0 Å². The van der Waals surface area contributed by atoms with E-state index in [9.17, 15) is 4.79 Å². The van der Waals surface area contributed by atoms with Gasteiger partial charge < -0.3 is 4.90 Å². The van der Waals surface area contributed by atoms with Crippen LogP contribution in [0, 0.1) is 0 Å². The molecule has 1 heterocycles. The molecule has 1 atom stereocenters. The fourth-order valence-corrected chi connectivity index (χ4v) is 3.79. The lowest BCUT2D eigenvalue weighted by Gasteiger charge is -2.15. The van der Waals surface area contributed by atoms with Gasteiger partial charge >= 0.3 is 0 Å². The summed E-state index contributed by atoms with van der Waals surface area (Å²) in [6, 6.07) is 18.0. The maximum absolute atomic E-state index is 12.7. The van der Waals surface area contributed by atoms with E-state index in [1.165, 1.54) is 11.8 Å². The number of hydrogen-bond donors (Lipinski definition) is 0. The van der Waals surface area contributed by atoms with E-state index >= 15 is 0 Å². The summed E-state index contributed by atoms with van der Waals surface area (Å²) in [4.78, 5) is 16.4. The number of benzene rings is 2. The van der Waals surface area contributed by atoms with Crippen molar-refractivity contribution in [2.24, 2.45) is 10.2 Å². The van der Waals surface area contributed by atoms with Gasteiger partial charge in [0.05, 0.1) is 18.0 Å². The first-order valence-corrected chi connectivity index (χ1v) is 9.87. The zero-order valence-corrected chi connectivity index (χ0v) is 16.7. The number of thioether (sulfide) groups is 1. The number of nitrogens with zero attached hydrogens (tertiary/aromatic N) is 4. The largest absolute Gasteiger partial charge is 0.378 e. The third-order valence-corrected chi connectivity index (χ3v) is 5.67. The van der Waals surface area contributed by atoms with Gasteiger partial charge in [0, 0.05) is 19.8 Å². The van der Waals surface area contributed by atoms with E-state index in [0.717, 1.165) is 23.2 Å². The number of hydrogen-bond acceptors (Lipinski definition) is 5. The fraction of sp³-hybridized carbons (Fsp3) is 0.286. The molecular weight excluding hydrogens is 356 g/mol. The molecule has 0 radical (unpaired) electrons.